The monoisotopic (exact) mass is 540 g/mol. The van der Waals surface area contributed by atoms with Crippen LogP contribution in [0.3, 0.4) is 0 Å². The summed E-state index contributed by atoms with van der Waals surface area (Å²) in [6, 6.07) is 7.76. The summed E-state index contributed by atoms with van der Waals surface area (Å²) in [7, 11) is 0. The molecule has 0 aliphatic carbocycles. The van der Waals surface area contributed by atoms with Gasteiger partial charge < -0.3 is 31.3 Å². The number of nitrogens with one attached hydrogen (secondary N) is 2. The summed E-state index contributed by atoms with van der Waals surface area (Å²) in [4.78, 5) is 26.9. The van der Waals surface area contributed by atoms with Gasteiger partial charge in [0, 0.05) is 31.4 Å². The number of aliphatic hydroxyl groups excluding tert-OH is 2. The van der Waals surface area contributed by atoms with E-state index in [4.69, 9.17) is 10.5 Å². The van der Waals surface area contributed by atoms with Gasteiger partial charge in [-0.05, 0) is 43.4 Å². The highest BCUT2D eigenvalue weighted by Crippen LogP contribution is 2.32. The molecule has 1 aliphatic heterocycles. The molecule has 2 amide bonds. The van der Waals surface area contributed by atoms with Crippen LogP contribution in [0.2, 0.25) is 0 Å². The number of hydrogen-bond acceptors (Lipinski definition) is 9. The van der Waals surface area contributed by atoms with Crippen molar-refractivity contribution in [2.45, 2.75) is 77.0 Å². The third-order valence-electron chi connectivity index (χ3n) is 7.06. The number of anilines is 2. The van der Waals surface area contributed by atoms with Crippen molar-refractivity contribution in [2.75, 3.05) is 30.7 Å². The molecule has 1 fully saturated rings. The van der Waals surface area contributed by atoms with Gasteiger partial charge in [0.15, 0.2) is 17.7 Å². The Balaban J connectivity index is 1.27. The van der Waals surface area contributed by atoms with Gasteiger partial charge >= 0.3 is 6.03 Å². The van der Waals surface area contributed by atoms with Gasteiger partial charge in [0.1, 0.15) is 30.2 Å². The Bertz CT molecular complexity index is 1260. The Hall–Kier alpha value is -3.32. The van der Waals surface area contributed by atoms with Crippen molar-refractivity contribution in [3.8, 4) is 0 Å². The zero-order valence-corrected chi connectivity index (χ0v) is 23.2. The average molecular weight is 541 g/mol. The molecule has 0 radical (unpaired) electrons. The van der Waals surface area contributed by atoms with E-state index in [1.807, 2.05) is 24.3 Å². The minimum Gasteiger partial charge on any atom is -0.387 e. The summed E-state index contributed by atoms with van der Waals surface area (Å²) in [5, 5.41) is 27.3. The van der Waals surface area contributed by atoms with Gasteiger partial charge in [0.25, 0.3) is 0 Å². The largest absolute Gasteiger partial charge is 0.387 e. The SMILES string of the molecule is CC(C)N(CCCNC(=O)Nc1ccc(C(C)(C)C)cc1)C[C@H]1O[C@H](n2cnc3c(N)ncnc32)[C@H](O)[C@@H]1O. The lowest BCUT2D eigenvalue weighted by Gasteiger charge is -2.30. The first-order valence-corrected chi connectivity index (χ1v) is 13.3. The van der Waals surface area contributed by atoms with E-state index in [-0.39, 0.29) is 23.3 Å². The summed E-state index contributed by atoms with van der Waals surface area (Å²) in [6.07, 6.45) is -0.248. The standard InChI is InChI=1S/C27H40N8O4/c1-16(2)34(12-6-11-29-26(38)33-18-9-7-17(8-10-18)27(3,4)5)13-19-21(36)22(37)25(39-19)35-15-32-20-23(28)30-14-31-24(20)35/h7-10,14-16,19,21-22,25,36-37H,6,11-13H2,1-5H3,(H2,28,30,31)(H2,29,33,38)/t19-,21-,22-,25+/m1/s1. The molecule has 0 bridgehead atoms. The van der Waals surface area contributed by atoms with Gasteiger partial charge in [-0.2, -0.15) is 0 Å². The van der Waals surface area contributed by atoms with Crippen LogP contribution in [0.15, 0.2) is 36.9 Å². The molecule has 39 heavy (non-hydrogen) atoms. The summed E-state index contributed by atoms with van der Waals surface area (Å²) >= 11 is 0. The Morgan fingerprint density at radius 2 is 1.87 bits per heavy atom. The van der Waals surface area contributed by atoms with Gasteiger partial charge in [0.2, 0.25) is 0 Å². The number of nitrogens with two attached hydrogens (primary N) is 1. The highest BCUT2D eigenvalue weighted by Gasteiger charge is 2.45. The molecule has 12 heteroatoms. The fourth-order valence-electron chi connectivity index (χ4n) is 4.67. The van der Waals surface area contributed by atoms with Crippen molar-refractivity contribution in [3.05, 3.63) is 42.5 Å². The number of benzene rings is 1. The zero-order chi connectivity index (χ0) is 28.3. The van der Waals surface area contributed by atoms with Crippen LogP contribution in [-0.4, -0.2) is 84.7 Å². The molecule has 3 aromatic rings. The number of nitrogen functional groups attached to an aromatic ring is 1. The van der Waals surface area contributed by atoms with Gasteiger partial charge in [-0.3, -0.25) is 9.47 Å². The summed E-state index contributed by atoms with van der Waals surface area (Å²) in [6.45, 7) is 12.1. The molecule has 1 aromatic carbocycles. The number of nitrogens with zero attached hydrogens (tertiary/aromatic N) is 5. The maximum atomic E-state index is 12.4. The van der Waals surface area contributed by atoms with Crippen LogP contribution in [0.1, 0.15) is 52.8 Å². The summed E-state index contributed by atoms with van der Waals surface area (Å²) < 4.78 is 7.67. The topological polar surface area (TPSA) is 164 Å². The number of carbonyl (C=O) groups excluding carboxylic acids is 1. The molecule has 212 valence electrons. The molecular formula is C27H40N8O4. The minimum atomic E-state index is -1.17. The first kappa shape index (κ1) is 28.7. The Morgan fingerprint density at radius 1 is 1.15 bits per heavy atom. The minimum absolute atomic E-state index is 0.0546. The van der Waals surface area contributed by atoms with Gasteiger partial charge in [-0.25, -0.2) is 19.7 Å². The number of hydrogen-bond donors (Lipinski definition) is 5. The van der Waals surface area contributed by atoms with Gasteiger partial charge in [0.05, 0.1) is 6.33 Å². The number of fused-ring (bicyclic) bond motifs is 1. The Kier molecular flexibility index (Phi) is 8.70. The van der Waals surface area contributed by atoms with E-state index >= 15 is 0 Å². The van der Waals surface area contributed by atoms with Crippen molar-refractivity contribution in [1.82, 2.24) is 29.7 Å². The van der Waals surface area contributed by atoms with E-state index in [2.05, 4.69) is 65.1 Å². The number of imidazole rings is 1. The normalized spacial score (nSPS) is 21.7. The zero-order valence-electron chi connectivity index (χ0n) is 23.2. The summed E-state index contributed by atoms with van der Waals surface area (Å²) in [5.41, 5.74) is 8.71. The summed E-state index contributed by atoms with van der Waals surface area (Å²) in [5.74, 6) is 0.232. The first-order chi connectivity index (χ1) is 18.5. The predicted molar refractivity (Wildman–Crippen MR) is 149 cm³/mol. The van der Waals surface area contributed by atoms with Crippen LogP contribution in [0.4, 0.5) is 16.3 Å². The number of rotatable bonds is 9. The molecule has 6 N–H and O–H groups in total. The molecule has 2 aromatic heterocycles. The number of aromatic nitrogens is 4. The van der Waals surface area contributed by atoms with Crippen LogP contribution >= 0.6 is 0 Å². The number of carbonyl (C=O) groups is 1. The third kappa shape index (κ3) is 6.64. The van der Waals surface area contributed by atoms with E-state index in [9.17, 15) is 15.0 Å². The Labute approximate surface area is 228 Å². The van der Waals surface area contributed by atoms with Crippen molar-refractivity contribution in [1.29, 1.82) is 0 Å². The smallest absolute Gasteiger partial charge is 0.319 e. The lowest BCUT2D eigenvalue weighted by molar-refractivity contribution is -0.0468. The van der Waals surface area contributed by atoms with E-state index in [1.54, 1.807) is 4.57 Å². The van der Waals surface area contributed by atoms with E-state index in [0.29, 0.717) is 37.2 Å². The average Bonchev–Trinajstić information content (AvgIpc) is 3.42. The molecule has 4 atom stereocenters. The van der Waals surface area contributed by atoms with Crippen LogP contribution in [-0.2, 0) is 10.2 Å². The molecule has 0 saturated carbocycles. The molecule has 3 heterocycles. The number of amides is 2. The predicted octanol–water partition coefficient (Wildman–Crippen LogP) is 2.25. The lowest BCUT2D eigenvalue weighted by atomic mass is 9.87. The molecule has 4 rings (SSSR count). The van der Waals surface area contributed by atoms with Crippen molar-refractivity contribution < 1.29 is 19.7 Å². The van der Waals surface area contributed by atoms with Crippen LogP contribution in [0, 0.1) is 0 Å². The van der Waals surface area contributed by atoms with E-state index in [0.717, 1.165) is 5.69 Å². The highest BCUT2D eigenvalue weighted by atomic mass is 16.6. The highest BCUT2D eigenvalue weighted by molar-refractivity contribution is 5.89. The fraction of sp³-hybridized carbons (Fsp3) is 0.556. The fourth-order valence-corrected chi connectivity index (χ4v) is 4.67. The maximum Gasteiger partial charge on any atom is 0.319 e. The van der Waals surface area contributed by atoms with Crippen molar-refractivity contribution in [2.24, 2.45) is 0 Å². The molecular weight excluding hydrogens is 500 g/mol. The van der Waals surface area contributed by atoms with Gasteiger partial charge in [-0.1, -0.05) is 32.9 Å². The Morgan fingerprint density at radius 3 is 2.54 bits per heavy atom. The van der Waals surface area contributed by atoms with Crippen molar-refractivity contribution in [3.63, 3.8) is 0 Å². The second-order valence-electron chi connectivity index (χ2n) is 11.3. The third-order valence-corrected chi connectivity index (χ3v) is 7.06. The quantitative estimate of drug-likeness (QED) is 0.256. The van der Waals surface area contributed by atoms with E-state index in [1.165, 1.54) is 18.2 Å². The van der Waals surface area contributed by atoms with Crippen LogP contribution in [0.5, 0.6) is 0 Å². The first-order valence-electron chi connectivity index (χ1n) is 13.3. The van der Waals surface area contributed by atoms with Crippen molar-refractivity contribution >= 4 is 28.7 Å². The second-order valence-corrected chi connectivity index (χ2v) is 11.3. The van der Waals surface area contributed by atoms with Crippen LogP contribution in [0.25, 0.3) is 11.2 Å². The molecule has 1 saturated heterocycles. The molecule has 0 unspecified atom stereocenters. The van der Waals surface area contributed by atoms with Gasteiger partial charge in [-0.15, -0.1) is 0 Å². The van der Waals surface area contributed by atoms with E-state index < -0.39 is 24.5 Å². The molecule has 0 spiro atoms. The molecule has 1 aliphatic rings. The number of ether oxygens (including phenoxy) is 1. The second kappa shape index (κ2) is 11.8. The number of aliphatic hydroxyl groups is 2. The van der Waals surface area contributed by atoms with Crippen LogP contribution < -0.4 is 16.4 Å². The number of urea groups is 1. The molecule has 12 nitrogen and oxygen atoms in total. The maximum absolute atomic E-state index is 12.4. The lowest BCUT2D eigenvalue weighted by Crippen LogP contribution is -2.44.